The van der Waals surface area contributed by atoms with Gasteiger partial charge in [0.05, 0.1) is 16.8 Å². The fourth-order valence-electron chi connectivity index (χ4n) is 8.52. The number of fused-ring (bicyclic) bond motifs is 7. The summed E-state index contributed by atoms with van der Waals surface area (Å²) in [7, 11) is 0. The van der Waals surface area contributed by atoms with Crippen molar-refractivity contribution in [3.05, 3.63) is 212 Å². The number of furan rings is 1. The second-order valence-corrected chi connectivity index (χ2v) is 14.5. The molecular formula is C54H35NO. The number of hydrogen-bond donors (Lipinski definition) is 0. The zero-order valence-corrected chi connectivity index (χ0v) is 30.6. The molecule has 0 saturated carbocycles. The quantitative estimate of drug-likeness (QED) is 0.171. The first kappa shape index (κ1) is 32.0. The predicted octanol–water partition coefficient (Wildman–Crippen LogP) is 15.5. The largest absolute Gasteiger partial charge is 0.455 e. The van der Waals surface area contributed by atoms with Gasteiger partial charge in [0, 0.05) is 22.0 Å². The summed E-state index contributed by atoms with van der Waals surface area (Å²) in [4.78, 5) is 2.44. The fourth-order valence-corrected chi connectivity index (χ4v) is 8.52. The lowest BCUT2D eigenvalue weighted by Gasteiger charge is -2.29. The van der Waals surface area contributed by atoms with Crippen molar-refractivity contribution in [1.29, 1.82) is 0 Å². The van der Waals surface area contributed by atoms with Crippen molar-refractivity contribution < 1.29 is 4.42 Å². The molecule has 0 aliphatic carbocycles. The molecule has 0 spiro atoms. The molecule has 0 fully saturated rings. The monoisotopic (exact) mass is 713 g/mol. The van der Waals surface area contributed by atoms with Crippen LogP contribution in [0.4, 0.5) is 17.1 Å². The molecule has 0 aliphatic rings. The summed E-state index contributed by atoms with van der Waals surface area (Å²) in [6, 6.07) is 76.6. The van der Waals surface area contributed by atoms with Crippen LogP contribution in [0, 0.1) is 0 Å². The Bertz CT molecular complexity index is 3240. The molecular weight excluding hydrogens is 679 g/mol. The highest BCUT2D eigenvalue weighted by Crippen LogP contribution is 2.48. The molecule has 0 atom stereocenters. The molecule has 11 rings (SSSR count). The Morgan fingerprint density at radius 3 is 1.77 bits per heavy atom. The molecule has 262 valence electrons. The summed E-state index contributed by atoms with van der Waals surface area (Å²) in [6.07, 6.45) is 0. The molecule has 1 heterocycles. The molecule has 56 heavy (non-hydrogen) atoms. The zero-order valence-electron chi connectivity index (χ0n) is 30.6. The molecule has 1 aromatic heterocycles. The van der Waals surface area contributed by atoms with Crippen LogP contribution in [0.2, 0.25) is 0 Å². The summed E-state index contributed by atoms with van der Waals surface area (Å²) in [5.74, 6) is 0. The second-order valence-electron chi connectivity index (χ2n) is 14.5. The van der Waals surface area contributed by atoms with Gasteiger partial charge in [0.15, 0.2) is 0 Å². The highest BCUT2D eigenvalue weighted by molar-refractivity contribution is 6.20. The lowest BCUT2D eigenvalue weighted by Crippen LogP contribution is -2.12. The maximum Gasteiger partial charge on any atom is 0.143 e. The van der Waals surface area contributed by atoms with Gasteiger partial charge < -0.3 is 9.32 Å². The number of nitrogens with zero attached hydrogens (tertiary/aromatic N) is 1. The molecule has 0 aliphatic heterocycles. The van der Waals surface area contributed by atoms with Crippen molar-refractivity contribution in [2.24, 2.45) is 0 Å². The van der Waals surface area contributed by atoms with Crippen LogP contribution in [0.5, 0.6) is 0 Å². The number of rotatable bonds is 6. The third kappa shape index (κ3) is 5.34. The number of hydrogen-bond acceptors (Lipinski definition) is 2. The van der Waals surface area contributed by atoms with Crippen LogP contribution < -0.4 is 4.90 Å². The minimum atomic E-state index is 0.859. The third-order valence-electron chi connectivity index (χ3n) is 11.2. The van der Waals surface area contributed by atoms with Gasteiger partial charge in [-0.3, -0.25) is 0 Å². The van der Waals surface area contributed by atoms with Crippen LogP contribution in [0.15, 0.2) is 217 Å². The van der Waals surface area contributed by atoms with Crippen LogP contribution in [0.25, 0.3) is 87.6 Å². The topological polar surface area (TPSA) is 16.4 Å². The zero-order chi connectivity index (χ0) is 37.0. The molecule has 0 radical (unpaired) electrons. The maximum atomic E-state index is 6.77. The molecule has 0 N–H and O–H groups in total. The average Bonchev–Trinajstić information content (AvgIpc) is 3.67. The van der Waals surface area contributed by atoms with Crippen LogP contribution in [0.3, 0.4) is 0 Å². The van der Waals surface area contributed by atoms with Gasteiger partial charge in [-0.2, -0.15) is 0 Å². The van der Waals surface area contributed by atoms with Crippen molar-refractivity contribution in [1.82, 2.24) is 0 Å². The summed E-state index contributed by atoms with van der Waals surface area (Å²) < 4.78 is 6.77. The Kier molecular flexibility index (Phi) is 7.53. The first-order valence-electron chi connectivity index (χ1n) is 19.2. The Balaban J connectivity index is 1.18. The number of anilines is 3. The summed E-state index contributed by atoms with van der Waals surface area (Å²) >= 11 is 0. The van der Waals surface area contributed by atoms with Crippen molar-refractivity contribution >= 4 is 71.3 Å². The molecule has 10 aromatic carbocycles. The van der Waals surface area contributed by atoms with Crippen molar-refractivity contribution in [2.45, 2.75) is 0 Å². The Labute approximate surface area is 325 Å². The lowest BCUT2D eigenvalue weighted by atomic mass is 9.95. The minimum Gasteiger partial charge on any atom is -0.455 e. The van der Waals surface area contributed by atoms with Gasteiger partial charge >= 0.3 is 0 Å². The highest BCUT2D eigenvalue weighted by Gasteiger charge is 2.23. The lowest BCUT2D eigenvalue weighted by molar-refractivity contribution is 0.672. The molecule has 2 nitrogen and oxygen atoms in total. The van der Waals surface area contributed by atoms with Crippen LogP contribution in [-0.2, 0) is 0 Å². The molecule has 0 amide bonds. The van der Waals surface area contributed by atoms with E-state index in [0.29, 0.717) is 0 Å². The van der Waals surface area contributed by atoms with Gasteiger partial charge in [0.2, 0.25) is 0 Å². The van der Waals surface area contributed by atoms with E-state index in [1.54, 1.807) is 0 Å². The van der Waals surface area contributed by atoms with E-state index < -0.39 is 0 Å². The normalized spacial score (nSPS) is 11.6. The minimum absolute atomic E-state index is 0.859. The predicted molar refractivity (Wildman–Crippen MR) is 237 cm³/mol. The standard InChI is InChI=1S/C54H35NO/c1-2-13-38(14-3-1)47-32-29-43(42-25-24-36-12-4-5-17-41(36)34-42)35-51(47)55(44-30-26-40(27-31-44)46-21-10-18-37-15-6-8-19-45(37)46)50-22-11-23-52-53(50)49-33-28-39-16-7-9-20-48(39)54(49)56-52/h1-35H. The van der Waals surface area contributed by atoms with Crippen LogP contribution in [-0.4, -0.2) is 0 Å². The SMILES string of the molecule is c1ccc(-c2ccc(-c3ccc4ccccc4c3)cc2N(c2ccc(-c3cccc4ccccc34)cc2)c2cccc3oc4c5ccccc5ccc4c23)cc1. The van der Waals surface area contributed by atoms with E-state index in [4.69, 9.17) is 4.42 Å². The van der Waals surface area contributed by atoms with E-state index in [-0.39, 0.29) is 0 Å². The summed E-state index contributed by atoms with van der Waals surface area (Å²) in [5.41, 5.74) is 12.0. The molecule has 0 unspecified atom stereocenters. The van der Waals surface area contributed by atoms with Crippen LogP contribution in [0.1, 0.15) is 0 Å². The van der Waals surface area contributed by atoms with Crippen molar-refractivity contribution in [2.75, 3.05) is 4.90 Å². The second kappa shape index (κ2) is 13.2. The fraction of sp³-hybridized carbons (Fsp3) is 0. The van der Waals surface area contributed by atoms with Gasteiger partial charge in [-0.25, -0.2) is 0 Å². The Hall–Kier alpha value is -7.42. The van der Waals surface area contributed by atoms with Gasteiger partial charge in [0.25, 0.3) is 0 Å². The summed E-state index contributed by atoms with van der Waals surface area (Å²) in [5, 5.41) is 9.39. The molecule has 11 aromatic rings. The van der Waals surface area contributed by atoms with E-state index in [0.717, 1.165) is 66.5 Å². The van der Waals surface area contributed by atoms with E-state index in [1.807, 2.05) is 0 Å². The first-order chi connectivity index (χ1) is 27.8. The molecule has 2 heteroatoms. The van der Waals surface area contributed by atoms with Crippen molar-refractivity contribution in [3.8, 4) is 33.4 Å². The average molecular weight is 714 g/mol. The molecule has 0 bridgehead atoms. The third-order valence-corrected chi connectivity index (χ3v) is 11.2. The van der Waals surface area contributed by atoms with Gasteiger partial charge in [-0.15, -0.1) is 0 Å². The first-order valence-corrected chi connectivity index (χ1v) is 19.2. The Morgan fingerprint density at radius 2 is 0.929 bits per heavy atom. The van der Waals surface area contributed by atoms with Crippen molar-refractivity contribution in [3.63, 3.8) is 0 Å². The maximum absolute atomic E-state index is 6.77. The molecule has 0 saturated heterocycles. The van der Waals surface area contributed by atoms with Gasteiger partial charge in [0.1, 0.15) is 11.2 Å². The van der Waals surface area contributed by atoms with Gasteiger partial charge in [-0.1, -0.05) is 170 Å². The van der Waals surface area contributed by atoms with Crippen LogP contribution >= 0.6 is 0 Å². The van der Waals surface area contributed by atoms with E-state index in [2.05, 4.69) is 217 Å². The smallest absolute Gasteiger partial charge is 0.143 e. The van der Waals surface area contributed by atoms with E-state index >= 15 is 0 Å². The summed E-state index contributed by atoms with van der Waals surface area (Å²) in [6.45, 7) is 0. The van der Waals surface area contributed by atoms with Gasteiger partial charge in [-0.05, 0) is 97.2 Å². The number of benzene rings is 10. The van der Waals surface area contributed by atoms with E-state index in [1.165, 1.54) is 38.2 Å². The highest BCUT2D eigenvalue weighted by atomic mass is 16.3. The van der Waals surface area contributed by atoms with E-state index in [9.17, 15) is 0 Å². The Morgan fingerprint density at radius 1 is 0.321 bits per heavy atom.